The molecule has 0 saturated carbocycles. The van der Waals surface area contributed by atoms with E-state index in [4.69, 9.17) is 23.2 Å². The van der Waals surface area contributed by atoms with Crippen LogP contribution in [0.15, 0.2) is 52.3 Å². The van der Waals surface area contributed by atoms with Crippen LogP contribution in [-0.2, 0) is 25.6 Å². The van der Waals surface area contributed by atoms with Crippen molar-refractivity contribution in [3.63, 3.8) is 0 Å². The number of rotatable bonds is 14. The van der Waals surface area contributed by atoms with Crippen LogP contribution in [0.2, 0.25) is 10.0 Å². The van der Waals surface area contributed by atoms with Crippen LogP contribution in [0, 0.1) is 5.41 Å². The second-order valence-electron chi connectivity index (χ2n) is 12.9. The van der Waals surface area contributed by atoms with Crippen LogP contribution >= 0.6 is 34.5 Å². The number of nitrogens with zero attached hydrogens (tertiary/aromatic N) is 3. The lowest BCUT2D eigenvalue weighted by atomic mass is 9.72. The standard InChI is InChI=1S/C35H43Cl2N5O6S/c1-3-35(4-2,25-9-10-26(43)40-25)12-14-41-15-17-42(18-16-41)28(44)20-24-31(34(47)48)32(29-21(36)6-5-7-22(29)37)30(33(45)46)23(39-24)8-11-27-38-13-19-49-27/h5-7,13,19,25,32,39H,3-4,8-12,14-18,20H2,1-2H3,(H,40,43)(H,45,46)(H,47,48). The van der Waals surface area contributed by atoms with E-state index in [1.165, 1.54) is 23.5 Å². The van der Waals surface area contributed by atoms with Gasteiger partial charge in [-0.25, -0.2) is 14.6 Å². The van der Waals surface area contributed by atoms with Crippen LogP contribution in [0.3, 0.4) is 0 Å². The maximum atomic E-state index is 13.8. The first-order valence-corrected chi connectivity index (χ1v) is 18.4. The van der Waals surface area contributed by atoms with Crippen molar-refractivity contribution in [3.05, 3.63) is 72.9 Å². The van der Waals surface area contributed by atoms with E-state index in [2.05, 4.69) is 34.4 Å². The van der Waals surface area contributed by atoms with E-state index >= 15 is 0 Å². The Morgan fingerprint density at radius 1 is 1.00 bits per heavy atom. The molecule has 2 unspecified atom stereocenters. The van der Waals surface area contributed by atoms with E-state index in [1.54, 1.807) is 17.2 Å². The van der Waals surface area contributed by atoms with Gasteiger partial charge in [0, 0.05) is 83.6 Å². The van der Waals surface area contributed by atoms with Gasteiger partial charge < -0.3 is 25.7 Å². The molecule has 0 bridgehead atoms. The molecule has 1 aromatic carbocycles. The summed E-state index contributed by atoms with van der Waals surface area (Å²) in [6.07, 6.45) is 6.39. The van der Waals surface area contributed by atoms with E-state index < -0.39 is 17.9 Å². The van der Waals surface area contributed by atoms with Crippen LogP contribution in [0.25, 0.3) is 0 Å². The Hall–Kier alpha value is -3.45. The Bertz CT molecular complexity index is 1610. The largest absolute Gasteiger partial charge is 0.478 e. The third kappa shape index (κ3) is 8.14. The molecular weight excluding hydrogens is 689 g/mol. The Balaban J connectivity index is 1.35. The van der Waals surface area contributed by atoms with E-state index in [9.17, 15) is 29.4 Å². The number of carboxylic acid groups (broad SMARTS) is 2. The van der Waals surface area contributed by atoms with Gasteiger partial charge in [-0.1, -0.05) is 43.1 Å². The smallest absolute Gasteiger partial charge is 0.334 e. The average Bonchev–Trinajstić information content (AvgIpc) is 3.76. The van der Waals surface area contributed by atoms with Crippen molar-refractivity contribution in [2.24, 2.45) is 5.41 Å². The summed E-state index contributed by atoms with van der Waals surface area (Å²) in [4.78, 5) is 59.9. The summed E-state index contributed by atoms with van der Waals surface area (Å²) in [6.45, 7) is 7.53. The fourth-order valence-electron chi connectivity index (χ4n) is 7.54. The lowest BCUT2D eigenvalue weighted by molar-refractivity contribution is -0.133. The molecule has 5 rings (SSSR count). The molecule has 4 heterocycles. The maximum Gasteiger partial charge on any atom is 0.334 e. The van der Waals surface area contributed by atoms with Crippen molar-refractivity contribution in [2.45, 2.75) is 77.2 Å². The highest BCUT2D eigenvalue weighted by molar-refractivity contribution is 7.09. The number of amides is 2. The summed E-state index contributed by atoms with van der Waals surface area (Å²) >= 11 is 14.6. The highest BCUT2D eigenvalue weighted by Crippen LogP contribution is 2.45. The molecule has 2 saturated heterocycles. The predicted molar refractivity (Wildman–Crippen MR) is 189 cm³/mol. The Morgan fingerprint density at radius 2 is 1.65 bits per heavy atom. The summed E-state index contributed by atoms with van der Waals surface area (Å²) in [7, 11) is 0. The maximum absolute atomic E-state index is 13.8. The van der Waals surface area contributed by atoms with E-state index in [1.807, 2.05) is 5.38 Å². The lowest BCUT2D eigenvalue weighted by Crippen LogP contribution is -2.51. The number of hydrogen-bond donors (Lipinski definition) is 4. The summed E-state index contributed by atoms with van der Waals surface area (Å²) < 4.78 is 0. The quantitative estimate of drug-likeness (QED) is 0.199. The van der Waals surface area contributed by atoms with Crippen molar-refractivity contribution in [2.75, 3.05) is 32.7 Å². The topological polar surface area (TPSA) is 152 Å². The number of piperazine rings is 1. The number of allylic oxidation sites excluding steroid dienone is 1. The first kappa shape index (κ1) is 36.8. The van der Waals surface area contributed by atoms with Crippen LogP contribution < -0.4 is 10.6 Å². The highest BCUT2D eigenvalue weighted by atomic mass is 35.5. The van der Waals surface area contributed by atoms with Gasteiger partial charge in [0.1, 0.15) is 0 Å². The van der Waals surface area contributed by atoms with Gasteiger partial charge in [-0.2, -0.15) is 0 Å². The average molecular weight is 733 g/mol. The first-order valence-electron chi connectivity index (χ1n) is 16.8. The van der Waals surface area contributed by atoms with Crippen LogP contribution in [-0.4, -0.2) is 87.5 Å². The first-order chi connectivity index (χ1) is 23.5. The van der Waals surface area contributed by atoms with Crippen LogP contribution in [0.4, 0.5) is 0 Å². The van der Waals surface area contributed by atoms with Gasteiger partial charge >= 0.3 is 11.9 Å². The van der Waals surface area contributed by atoms with Crippen molar-refractivity contribution in [1.29, 1.82) is 0 Å². The molecule has 2 fully saturated rings. The second kappa shape index (κ2) is 16.1. The molecule has 0 radical (unpaired) electrons. The fourth-order valence-corrected chi connectivity index (χ4v) is 8.78. The van der Waals surface area contributed by atoms with E-state index in [-0.39, 0.29) is 74.3 Å². The molecular formula is C35H43Cl2N5O6S. The molecule has 264 valence electrons. The molecule has 2 aromatic rings. The molecule has 1 aromatic heterocycles. The molecule has 2 amide bonds. The third-order valence-corrected chi connectivity index (χ3v) is 12.0. The highest BCUT2D eigenvalue weighted by Gasteiger charge is 2.42. The van der Waals surface area contributed by atoms with E-state index in [0.29, 0.717) is 39.0 Å². The van der Waals surface area contributed by atoms with Crippen LogP contribution in [0.1, 0.15) is 75.3 Å². The van der Waals surface area contributed by atoms with Gasteiger partial charge in [-0.05, 0) is 56.2 Å². The molecule has 3 aliphatic rings. The third-order valence-electron chi connectivity index (χ3n) is 10.5. The number of halogens is 2. The van der Waals surface area contributed by atoms with E-state index in [0.717, 1.165) is 37.2 Å². The zero-order valence-corrected chi connectivity index (χ0v) is 30.1. The minimum absolute atomic E-state index is 0.0339. The zero-order chi connectivity index (χ0) is 35.3. The molecule has 4 N–H and O–H groups in total. The minimum atomic E-state index is -1.37. The lowest BCUT2D eigenvalue weighted by Gasteiger charge is -2.41. The number of carbonyl (C=O) groups is 4. The number of aliphatic carboxylic acids is 2. The SMILES string of the molecule is CCC(CC)(CCN1CCN(C(=O)CC2=C(C(=O)O)C(c3c(Cl)cccc3Cl)C(C(=O)O)=C(CCc3nccs3)N2)CC1)C1CCC(=O)N1. The number of benzene rings is 1. The number of carbonyl (C=O) groups excluding carboxylic acids is 2. The molecule has 11 nitrogen and oxygen atoms in total. The van der Waals surface area contributed by atoms with Gasteiger partial charge in [-0.15, -0.1) is 11.3 Å². The second-order valence-corrected chi connectivity index (χ2v) is 14.7. The minimum Gasteiger partial charge on any atom is -0.478 e. The van der Waals surface area contributed by atoms with Gasteiger partial charge in [-0.3, -0.25) is 14.5 Å². The molecule has 14 heteroatoms. The van der Waals surface area contributed by atoms with Crippen LogP contribution in [0.5, 0.6) is 0 Å². The number of thiazole rings is 1. The van der Waals surface area contributed by atoms with Gasteiger partial charge in [0.25, 0.3) is 0 Å². The fraction of sp³-hybridized carbons (Fsp3) is 0.514. The molecule has 3 aliphatic heterocycles. The summed E-state index contributed by atoms with van der Waals surface area (Å²) in [5.74, 6) is -4.13. The van der Waals surface area contributed by atoms with Gasteiger partial charge in [0.2, 0.25) is 11.8 Å². The molecule has 2 atom stereocenters. The van der Waals surface area contributed by atoms with Crippen molar-refractivity contribution < 1.29 is 29.4 Å². The monoisotopic (exact) mass is 731 g/mol. The number of aryl methyl sites for hydroxylation is 1. The van der Waals surface area contributed by atoms with Gasteiger partial charge in [0.15, 0.2) is 0 Å². The number of aromatic nitrogens is 1. The molecule has 0 aliphatic carbocycles. The van der Waals surface area contributed by atoms with Crippen molar-refractivity contribution >= 4 is 58.3 Å². The summed E-state index contributed by atoms with van der Waals surface area (Å²) in [5.41, 5.74) is 0.156. The zero-order valence-electron chi connectivity index (χ0n) is 27.8. The number of carboxylic acids is 2. The Morgan fingerprint density at radius 3 is 2.20 bits per heavy atom. The number of nitrogens with one attached hydrogen (secondary N) is 2. The van der Waals surface area contributed by atoms with Gasteiger partial charge in [0.05, 0.1) is 28.5 Å². The molecule has 49 heavy (non-hydrogen) atoms. The van der Waals surface area contributed by atoms with Crippen molar-refractivity contribution in [3.8, 4) is 0 Å². The Labute approximate surface area is 300 Å². The normalized spacial score (nSPS) is 20.4. The number of hydrogen-bond acceptors (Lipinski definition) is 8. The summed E-state index contributed by atoms with van der Waals surface area (Å²) in [5, 5.41) is 30.1. The predicted octanol–water partition coefficient (Wildman–Crippen LogP) is 5.46. The summed E-state index contributed by atoms with van der Waals surface area (Å²) in [6, 6.07) is 4.87. The Kier molecular flexibility index (Phi) is 12.1. The van der Waals surface area contributed by atoms with Crippen molar-refractivity contribution in [1.82, 2.24) is 25.4 Å². The molecule has 0 spiro atoms. The number of dihydropyridines is 1.